The fraction of sp³-hybridized carbons (Fsp3) is 0.348. The summed E-state index contributed by atoms with van der Waals surface area (Å²) in [5.74, 6) is 0.684. The Morgan fingerprint density at radius 1 is 1.07 bits per heavy atom. The van der Waals surface area contributed by atoms with Gasteiger partial charge in [0.25, 0.3) is 0 Å². The van der Waals surface area contributed by atoms with E-state index in [-0.39, 0.29) is 0 Å². The lowest BCUT2D eigenvalue weighted by atomic mass is 9.86. The van der Waals surface area contributed by atoms with Gasteiger partial charge in [-0.15, -0.1) is 0 Å². The molecule has 1 saturated carbocycles. The van der Waals surface area contributed by atoms with E-state index in [1.807, 2.05) is 25.2 Å². The largest absolute Gasteiger partial charge is 0.382 e. The van der Waals surface area contributed by atoms with Crippen molar-refractivity contribution < 1.29 is 0 Å². The Balaban J connectivity index is 1.64. The number of anilines is 3. The minimum absolute atomic E-state index is 0.511. The molecule has 0 radical (unpaired) electrons. The van der Waals surface area contributed by atoms with Gasteiger partial charge in [0.05, 0.1) is 11.3 Å². The number of nitriles is 1. The van der Waals surface area contributed by atoms with Crippen molar-refractivity contribution in [3.63, 3.8) is 0 Å². The molecule has 2 aromatic carbocycles. The molecule has 1 aromatic heterocycles. The molecule has 4 heteroatoms. The minimum Gasteiger partial charge on any atom is -0.382 e. The quantitative estimate of drug-likeness (QED) is 0.621. The van der Waals surface area contributed by atoms with Crippen LogP contribution >= 0.6 is 0 Å². The Morgan fingerprint density at radius 3 is 2.74 bits per heavy atom. The van der Waals surface area contributed by atoms with E-state index >= 15 is 0 Å². The fourth-order valence-electron chi connectivity index (χ4n) is 4.14. The fourth-order valence-corrected chi connectivity index (χ4v) is 4.14. The number of benzene rings is 2. The zero-order valence-corrected chi connectivity index (χ0v) is 16.0. The van der Waals surface area contributed by atoms with Crippen LogP contribution in [0.5, 0.6) is 0 Å². The van der Waals surface area contributed by atoms with Crippen molar-refractivity contribution in [3.05, 3.63) is 54.2 Å². The molecule has 1 aliphatic rings. The number of aromatic nitrogens is 1. The monoisotopic (exact) mass is 358 g/mol. The maximum atomic E-state index is 9.55. The van der Waals surface area contributed by atoms with Crippen LogP contribution < -0.4 is 10.6 Å². The molecular weight excluding hydrogens is 332 g/mol. The number of fused-ring (bicyclic) bond motifs is 1. The molecule has 2 N–H and O–H groups in total. The van der Waals surface area contributed by atoms with Crippen molar-refractivity contribution in [1.29, 1.82) is 5.26 Å². The summed E-state index contributed by atoms with van der Waals surface area (Å²) in [4.78, 5) is 0. The lowest BCUT2D eigenvalue weighted by Crippen LogP contribution is -2.30. The first-order chi connectivity index (χ1) is 13.2. The summed E-state index contributed by atoms with van der Waals surface area (Å²) in [6.07, 6.45) is 7.19. The summed E-state index contributed by atoms with van der Waals surface area (Å²) in [6, 6.07) is 17.1. The standard InChI is InChI=1S/C23H26N4/c1-16-6-3-4-7-20(16)25-18-11-10-17(15-24)22(14-18)26-21-8-5-9-23-19(21)12-13-27(23)2/h5,8-14,16,20,25-26H,3-4,6-7H2,1-2H3/t16-,20?/m0/s1. The van der Waals surface area contributed by atoms with Crippen molar-refractivity contribution in [1.82, 2.24) is 4.57 Å². The van der Waals surface area contributed by atoms with E-state index in [4.69, 9.17) is 0 Å². The zero-order valence-electron chi connectivity index (χ0n) is 16.0. The normalized spacial score (nSPS) is 19.6. The average molecular weight is 358 g/mol. The highest BCUT2D eigenvalue weighted by Gasteiger charge is 2.21. The Bertz CT molecular complexity index is 995. The lowest BCUT2D eigenvalue weighted by molar-refractivity contribution is 0.349. The van der Waals surface area contributed by atoms with Gasteiger partial charge >= 0.3 is 0 Å². The van der Waals surface area contributed by atoms with E-state index in [0.29, 0.717) is 17.5 Å². The Labute approximate surface area is 160 Å². The molecule has 0 spiro atoms. The molecule has 1 aliphatic carbocycles. The van der Waals surface area contributed by atoms with Crippen LogP contribution in [0.1, 0.15) is 38.2 Å². The van der Waals surface area contributed by atoms with Gasteiger partial charge in [0.2, 0.25) is 0 Å². The van der Waals surface area contributed by atoms with Gasteiger partial charge in [-0.05, 0) is 55.2 Å². The molecule has 2 atom stereocenters. The number of nitrogens with one attached hydrogen (secondary N) is 2. The van der Waals surface area contributed by atoms with Gasteiger partial charge in [-0.25, -0.2) is 0 Å². The van der Waals surface area contributed by atoms with Gasteiger partial charge < -0.3 is 15.2 Å². The highest BCUT2D eigenvalue weighted by Crippen LogP contribution is 2.32. The van der Waals surface area contributed by atoms with E-state index in [1.165, 1.54) is 31.2 Å². The van der Waals surface area contributed by atoms with Crippen molar-refractivity contribution >= 4 is 28.0 Å². The maximum absolute atomic E-state index is 9.55. The molecule has 0 amide bonds. The molecule has 0 bridgehead atoms. The molecule has 4 nitrogen and oxygen atoms in total. The summed E-state index contributed by atoms with van der Waals surface area (Å²) in [5.41, 5.74) is 4.78. The van der Waals surface area contributed by atoms with Crippen molar-refractivity contribution in [2.24, 2.45) is 13.0 Å². The predicted octanol–water partition coefficient (Wildman–Crippen LogP) is 5.78. The number of aryl methyl sites for hydroxylation is 1. The predicted molar refractivity (Wildman–Crippen MR) is 112 cm³/mol. The molecule has 27 heavy (non-hydrogen) atoms. The maximum Gasteiger partial charge on any atom is 0.101 e. The number of hydrogen-bond donors (Lipinski definition) is 2. The molecule has 4 rings (SSSR count). The van der Waals surface area contributed by atoms with Crippen LogP contribution in [0.2, 0.25) is 0 Å². The molecule has 138 valence electrons. The first kappa shape index (κ1) is 17.5. The second kappa shape index (κ2) is 7.36. The van der Waals surface area contributed by atoms with Crippen molar-refractivity contribution in [2.75, 3.05) is 10.6 Å². The second-order valence-corrected chi connectivity index (χ2v) is 7.67. The van der Waals surface area contributed by atoms with E-state index in [2.05, 4.69) is 58.7 Å². The average Bonchev–Trinajstić information content (AvgIpc) is 3.06. The molecular formula is C23H26N4. The van der Waals surface area contributed by atoms with Gasteiger partial charge in [0, 0.05) is 41.6 Å². The van der Waals surface area contributed by atoms with E-state index in [1.54, 1.807) is 0 Å². The first-order valence-electron chi connectivity index (χ1n) is 9.77. The van der Waals surface area contributed by atoms with E-state index < -0.39 is 0 Å². The first-order valence-corrected chi connectivity index (χ1v) is 9.77. The highest BCUT2D eigenvalue weighted by molar-refractivity contribution is 5.94. The Kier molecular flexibility index (Phi) is 4.77. The van der Waals surface area contributed by atoms with Crippen LogP contribution in [0.4, 0.5) is 17.1 Å². The molecule has 0 aliphatic heterocycles. The van der Waals surface area contributed by atoms with Crippen LogP contribution in [0.3, 0.4) is 0 Å². The number of rotatable bonds is 4. The number of hydrogen-bond acceptors (Lipinski definition) is 3. The van der Waals surface area contributed by atoms with Crippen molar-refractivity contribution in [2.45, 2.75) is 38.6 Å². The van der Waals surface area contributed by atoms with Gasteiger partial charge in [0.15, 0.2) is 0 Å². The molecule has 3 aromatic rings. The van der Waals surface area contributed by atoms with Gasteiger partial charge in [-0.2, -0.15) is 5.26 Å². The summed E-state index contributed by atoms with van der Waals surface area (Å²) in [6.45, 7) is 2.33. The van der Waals surface area contributed by atoms with E-state index in [9.17, 15) is 5.26 Å². The Morgan fingerprint density at radius 2 is 1.93 bits per heavy atom. The van der Waals surface area contributed by atoms with Crippen LogP contribution in [-0.2, 0) is 7.05 Å². The van der Waals surface area contributed by atoms with Crippen LogP contribution in [-0.4, -0.2) is 10.6 Å². The Hall–Kier alpha value is -2.93. The van der Waals surface area contributed by atoms with E-state index in [0.717, 1.165) is 22.4 Å². The minimum atomic E-state index is 0.511. The summed E-state index contributed by atoms with van der Waals surface area (Å²) < 4.78 is 2.11. The third kappa shape index (κ3) is 3.50. The third-order valence-electron chi connectivity index (χ3n) is 5.80. The van der Waals surface area contributed by atoms with Crippen molar-refractivity contribution in [3.8, 4) is 6.07 Å². The molecule has 1 fully saturated rings. The third-order valence-corrected chi connectivity index (χ3v) is 5.80. The lowest BCUT2D eigenvalue weighted by Gasteiger charge is -2.30. The van der Waals surface area contributed by atoms with Gasteiger partial charge in [0.1, 0.15) is 6.07 Å². The smallest absolute Gasteiger partial charge is 0.101 e. The van der Waals surface area contributed by atoms with Gasteiger partial charge in [-0.1, -0.05) is 25.8 Å². The van der Waals surface area contributed by atoms with Crippen LogP contribution in [0.15, 0.2) is 48.7 Å². The topological polar surface area (TPSA) is 52.8 Å². The summed E-state index contributed by atoms with van der Waals surface area (Å²) in [5, 5.41) is 17.9. The molecule has 0 saturated heterocycles. The second-order valence-electron chi connectivity index (χ2n) is 7.67. The molecule has 1 heterocycles. The molecule has 1 unspecified atom stereocenters. The van der Waals surface area contributed by atoms with Gasteiger partial charge in [-0.3, -0.25) is 0 Å². The zero-order chi connectivity index (χ0) is 18.8. The summed E-state index contributed by atoms with van der Waals surface area (Å²) in [7, 11) is 2.04. The summed E-state index contributed by atoms with van der Waals surface area (Å²) >= 11 is 0. The van der Waals surface area contributed by atoms with Crippen LogP contribution in [0, 0.1) is 17.2 Å². The SMILES string of the molecule is C[C@H]1CCCCC1Nc1ccc(C#N)c(Nc2cccc3c2ccn3C)c1. The van der Waals surface area contributed by atoms with Crippen LogP contribution in [0.25, 0.3) is 10.9 Å². The highest BCUT2D eigenvalue weighted by atomic mass is 15.0. The number of nitrogens with zero attached hydrogens (tertiary/aromatic N) is 2.